The number of rotatable bonds is 3. The molecule has 3 nitrogen and oxygen atoms in total. The molecule has 0 aromatic heterocycles. The highest BCUT2D eigenvalue weighted by Crippen LogP contribution is 2.09. The molecule has 1 unspecified atom stereocenters. The van der Waals surface area contributed by atoms with Crippen LogP contribution in [0.5, 0.6) is 0 Å². The molecule has 0 spiro atoms. The molecular formula is C9H18N2O. The van der Waals surface area contributed by atoms with Crippen LogP contribution < -0.4 is 10.6 Å². The molecule has 0 aromatic rings. The minimum Gasteiger partial charge on any atom is -0.356 e. The molecule has 70 valence electrons. The summed E-state index contributed by atoms with van der Waals surface area (Å²) in [5.74, 6) is 0.439. The zero-order valence-electron chi connectivity index (χ0n) is 7.73. The van der Waals surface area contributed by atoms with E-state index < -0.39 is 0 Å². The van der Waals surface area contributed by atoms with Gasteiger partial charge in [-0.15, -0.1) is 0 Å². The van der Waals surface area contributed by atoms with Crippen LogP contribution >= 0.6 is 0 Å². The van der Waals surface area contributed by atoms with Gasteiger partial charge in [0.25, 0.3) is 0 Å². The first-order chi connectivity index (χ1) is 5.84. The first kappa shape index (κ1) is 9.52. The van der Waals surface area contributed by atoms with Gasteiger partial charge in [0.1, 0.15) is 0 Å². The van der Waals surface area contributed by atoms with Crippen LogP contribution in [0.1, 0.15) is 26.2 Å². The fraction of sp³-hybridized carbons (Fsp3) is 0.889. The Morgan fingerprint density at radius 2 is 2.50 bits per heavy atom. The molecule has 3 heteroatoms. The Bertz CT molecular complexity index is 141. The third-order valence-electron chi connectivity index (χ3n) is 2.22. The van der Waals surface area contributed by atoms with Crippen molar-refractivity contribution in [3.05, 3.63) is 0 Å². The average Bonchev–Trinajstić information content (AvgIpc) is 2.15. The zero-order valence-corrected chi connectivity index (χ0v) is 7.73. The molecule has 2 N–H and O–H groups in total. The molecule has 1 fully saturated rings. The maximum atomic E-state index is 11.4. The lowest BCUT2D eigenvalue weighted by molar-refractivity contribution is -0.125. The van der Waals surface area contributed by atoms with Crippen LogP contribution in [0, 0.1) is 5.92 Å². The largest absolute Gasteiger partial charge is 0.356 e. The number of carbonyl (C=O) groups is 1. The van der Waals surface area contributed by atoms with Gasteiger partial charge < -0.3 is 10.6 Å². The van der Waals surface area contributed by atoms with Gasteiger partial charge in [0, 0.05) is 13.1 Å². The molecule has 1 aliphatic rings. The molecule has 1 aliphatic heterocycles. The third-order valence-corrected chi connectivity index (χ3v) is 2.22. The first-order valence-corrected chi connectivity index (χ1v) is 4.83. The summed E-state index contributed by atoms with van der Waals surface area (Å²) in [6.07, 6.45) is 3.19. The van der Waals surface area contributed by atoms with E-state index in [0.29, 0.717) is 0 Å². The van der Waals surface area contributed by atoms with Crippen molar-refractivity contribution in [1.82, 2.24) is 10.6 Å². The molecule has 1 saturated heterocycles. The van der Waals surface area contributed by atoms with E-state index in [-0.39, 0.29) is 11.8 Å². The summed E-state index contributed by atoms with van der Waals surface area (Å²) in [5.41, 5.74) is 0. The Labute approximate surface area is 73.9 Å². The second kappa shape index (κ2) is 5.14. The average molecular weight is 170 g/mol. The quantitative estimate of drug-likeness (QED) is 0.648. The van der Waals surface area contributed by atoms with Crippen LogP contribution in [0.2, 0.25) is 0 Å². The van der Waals surface area contributed by atoms with Gasteiger partial charge >= 0.3 is 0 Å². The lowest BCUT2D eigenvalue weighted by Gasteiger charge is -2.21. The van der Waals surface area contributed by atoms with Crippen molar-refractivity contribution in [2.75, 3.05) is 19.6 Å². The SMILES string of the molecule is CCCNC(=O)C1CCCNC1. The fourth-order valence-electron chi connectivity index (χ4n) is 1.47. The molecule has 1 amide bonds. The topological polar surface area (TPSA) is 41.1 Å². The van der Waals surface area contributed by atoms with Crippen molar-refractivity contribution in [1.29, 1.82) is 0 Å². The molecule has 1 rings (SSSR count). The monoisotopic (exact) mass is 170 g/mol. The van der Waals surface area contributed by atoms with Crippen LogP contribution in [0.4, 0.5) is 0 Å². The molecule has 0 bridgehead atoms. The van der Waals surface area contributed by atoms with E-state index in [1.165, 1.54) is 0 Å². The second-order valence-electron chi connectivity index (χ2n) is 3.33. The first-order valence-electron chi connectivity index (χ1n) is 4.83. The summed E-state index contributed by atoms with van der Waals surface area (Å²) in [5, 5.41) is 6.15. The zero-order chi connectivity index (χ0) is 8.81. The van der Waals surface area contributed by atoms with E-state index in [1.54, 1.807) is 0 Å². The summed E-state index contributed by atoms with van der Waals surface area (Å²) in [4.78, 5) is 11.4. The Hall–Kier alpha value is -0.570. The van der Waals surface area contributed by atoms with E-state index in [9.17, 15) is 4.79 Å². The van der Waals surface area contributed by atoms with Crippen LogP contribution in [-0.2, 0) is 4.79 Å². The van der Waals surface area contributed by atoms with Crippen LogP contribution in [-0.4, -0.2) is 25.5 Å². The number of carbonyl (C=O) groups excluding carboxylic acids is 1. The van der Waals surface area contributed by atoms with Crippen molar-refractivity contribution >= 4 is 5.91 Å². The van der Waals surface area contributed by atoms with Crippen molar-refractivity contribution in [2.45, 2.75) is 26.2 Å². The third kappa shape index (κ3) is 2.81. The lowest BCUT2D eigenvalue weighted by atomic mass is 9.99. The molecular weight excluding hydrogens is 152 g/mol. The predicted molar refractivity (Wildman–Crippen MR) is 48.9 cm³/mol. The van der Waals surface area contributed by atoms with Crippen molar-refractivity contribution < 1.29 is 4.79 Å². The summed E-state index contributed by atoms with van der Waals surface area (Å²) >= 11 is 0. The van der Waals surface area contributed by atoms with Crippen LogP contribution in [0.15, 0.2) is 0 Å². The predicted octanol–water partition coefficient (Wildman–Crippen LogP) is 0.512. The molecule has 1 atom stereocenters. The number of hydrogen-bond acceptors (Lipinski definition) is 2. The fourth-order valence-corrected chi connectivity index (χ4v) is 1.47. The number of amides is 1. The highest BCUT2D eigenvalue weighted by Gasteiger charge is 2.19. The van der Waals surface area contributed by atoms with Gasteiger partial charge in [-0.3, -0.25) is 4.79 Å². The van der Waals surface area contributed by atoms with Gasteiger partial charge in [0.15, 0.2) is 0 Å². The molecule has 0 aromatic carbocycles. The van der Waals surface area contributed by atoms with Gasteiger partial charge in [-0.2, -0.15) is 0 Å². The Morgan fingerprint density at radius 3 is 3.08 bits per heavy atom. The van der Waals surface area contributed by atoms with Gasteiger partial charge in [0.2, 0.25) is 5.91 Å². The maximum Gasteiger partial charge on any atom is 0.224 e. The Balaban J connectivity index is 2.20. The van der Waals surface area contributed by atoms with Crippen molar-refractivity contribution in [3.8, 4) is 0 Å². The maximum absolute atomic E-state index is 11.4. The summed E-state index contributed by atoms with van der Waals surface area (Å²) < 4.78 is 0. The van der Waals surface area contributed by atoms with Gasteiger partial charge in [-0.1, -0.05) is 6.92 Å². The van der Waals surface area contributed by atoms with Crippen molar-refractivity contribution in [3.63, 3.8) is 0 Å². The molecule has 0 aliphatic carbocycles. The standard InChI is InChI=1S/C9H18N2O/c1-2-5-11-9(12)8-4-3-6-10-7-8/h8,10H,2-7H2,1H3,(H,11,12). The summed E-state index contributed by atoms with van der Waals surface area (Å²) in [6.45, 7) is 4.81. The van der Waals surface area contributed by atoms with E-state index in [0.717, 1.165) is 38.9 Å². The highest BCUT2D eigenvalue weighted by atomic mass is 16.1. The Morgan fingerprint density at radius 1 is 1.67 bits per heavy atom. The lowest BCUT2D eigenvalue weighted by Crippen LogP contribution is -2.40. The number of hydrogen-bond donors (Lipinski definition) is 2. The van der Waals surface area contributed by atoms with E-state index >= 15 is 0 Å². The molecule has 0 radical (unpaired) electrons. The van der Waals surface area contributed by atoms with Gasteiger partial charge in [-0.25, -0.2) is 0 Å². The van der Waals surface area contributed by atoms with E-state index in [2.05, 4.69) is 17.6 Å². The van der Waals surface area contributed by atoms with Crippen molar-refractivity contribution in [2.24, 2.45) is 5.92 Å². The molecule has 12 heavy (non-hydrogen) atoms. The van der Waals surface area contributed by atoms with Gasteiger partial charge in [0.05, 0.1) is 5.92 Å². The molecule has 1 heterocycles. The van der Waals surface area contributed by atoms with Gasteiger partial charge in [-0.05, 0) is 25.8 Å². The second-order valence-corrected chi connectivity index (χ2v) is 3.33. The van der Waals surface area contributed by atoms with Crippen LogP contribution in [0.3, 0.4) is 0 Å². The van der Waals surface area contributed by atoms with E-state index in [1.807, 2.05) is 0 Å². The number of piperidine rings is 1. The van der Waals surface area contributed by atoms with Crippen LogP contribution in [0.25, 0.3) is 0 Å². The smallest absolute Gasteiger partial charge is 0.224 e. The number of nitrogens with one attached hydrogen (secondary N) is 2. The normalized spacial score (nSPS) is 23.6. The highest BCUT2D eigenvalue weighted by molar-refractivity contribution is 5.78. The minimum absolute atomic E-state index is 0.213. The molecule has 0 saturated carbocycles. The summed E-state index contributed by atoms with van der Waals surface area (Å²) in [7, 11) is 0. The van der Waals surface area contributed by atoms with E-state index in [4.69, 9.17) is 0 Å². The minimum atomic E-state index is 0.213. The summed E-state index contributed by atoms with van der Waals surface area (Å²) in [6, 6.07) is 0. The Kier molecular flexibility index (Phi) is 4.08.